The molecule has 0 aliphatic carbocycles. The van der Waals surface area contributed by atoms with Crippen LogP contribution >= 0.6 is 0 Å². The summed E-state index contributed by atoms with van der Waals surface area (Å²) in [6, 6.07) is 5.72. The predicted octanol–water partition coefficient (Wildman–Crippen LogP) is 1.64. The summed E-state index contributed by atoms with van der Waals surface area (Å²) in [7, 11) is 1.63. The number of ether oxygens (including phenoxy) is 1. The molecule has 94 valence electrons. The molecule has 0 spiro atoms. The Balaban J connectivity index is 2.62. The molecule has 0 saturated carbocycles. The minimum absolute atomic E-state index is 0.237. The number of methoxy groups -OCH3 is 1. The summed E-state index contributed by atoms with van der Waals surface area (Å²) < 4.78 is 5.21. The average molecular weight is 245 g/mol. The number of nitrogens with zero attached hydrogens (tertiary/aromatic N) is 1. The zero-order valence-corrected chi connectivity index (χ0v) is 10.6. The molecule has 1 aromatic heterocycles. The van der Waals surface area contributed by atoms with Crippen LogP contribution in [-0.4, -0.2) is 17.1 Å². The van der Waals surface area contributed by atoms with Crippen LogP contribution < -0.4 is 16.2 Å². The number of anilines is 1. The van der Waals surface area contributed by atoms with E-state index in [0.717, 1.165) is 22.4 Å². The number of aromatic nitrogens is 2. The Morgan fingerprint density at radius 1 is 1.33 bits per heavy atom. The first-order chi connectivity index (χ1) is 8.52. The van der Waals surface area contributed by atoms with E-state index in [4.69, 9.17) is 10.5 Å². The van der Waals surface area contributed by atoms with Gasteiger partial charge >= 0.3 is 5.69 Å². The number of aromatic amines is 1. The van der Waals surface area contributed by atoms with Crippen molar-refractivity contribution >= 4 is 5.82 Å². The lowest BCUT2D eigenvalue weighted by Gasteiger charge is -2.11. The Labute approximate surface area is 105 Å². The molecule has 5 nitrogen and oxygen atoms in total. The van der Waals surface area contributed by atoms with Crippen LogP contribution in [0.25, 0.3) is 11.1 Å². The van der Waals surface area contributed by atoms with Crippen molar-refractivity contribution in [1.29, 1.82) is 0 Å². The lowest BCUT2D eigenvalue weighted by Crippen LogP contribution is -2.15. The first-order valence-electron chi connectivity index (χ1n) is 5.54. The largest absolute Gasteiger partial charge is 0.496 e. The predicted molar refractivity (Wildman–Crippen MR) is 70.7 cm³/mol. The van der Waals surface area contributed by atoms with E-state index in [1.807, 2.05) is 25.1 Å². The zero-order valence-electron chi connectivity index (χ0n) is 10.6. The summed E-state index contributed by atoms with van der Waals surface area (Å²) >= 11 is 0. The SMILES string of the molecule is COc1ccc(-c2c(N)nc(=O)[nH]c2C)cc1C. The van der Waals surface area contributed by atoms with Crippen LogP contribution in [-0.2, 0) is 0 Å². The third-order valence-electron chi connectivity index (χ3n) is 2.83. The summed E-state index contributed by atoms with van der Waals surface area (Å²) in [6.07, 6.45) is 0. The van der Waals surface area contributed by atoms with Crippen molar-refractivity contribution in [1.82, 2.24) is 9.97 Å². The molecule has 1 aromatic carbocycles. The van der Waals surface area contributed by atoms with Gasteiger partial charge in [0.05, 0.1) is 7.11 Å². The van der Waals surface area contributed by atoms with E-state index in [1.165, 1.54) is 0 Å². The number of benzene rings is 1. The topological polar surface area (TPSA) is 81.0 Å². The Morgan fingerprint density at radius 2 is 2.06 bits per heavy atom. The molecule has 2 aromatic rings. The van der Waals surface area contributed by atoms with Gasteiger partial charge in [-0.15, -0.1) is 0 Å². The van der Waals surface area contributed by atoms with Gasteiger partial charge < -0.3 is 15.5 Å². The van der Waals surface area contributed by atoms with E-state index >= 15 is 0 Å². The first kappa shape index (κ1) is 12.2. The van der Waals surface area contributed by atoms with Crippen molar-refractivity contribution < 1.29 is 4.74 Å². The van der Waals surface area contributed by atoms with Crippen LogP contribution in [0, 0.1) is 13.8 Å². The highest BCUT2D eigenvalue weighted by molar-refractivity contribution is 5.76. The molecule has 0 aliphatic heterocycles. The van der Waals surface area contributed by atoms with Crippen molar-refractivity contribution in [3.8, 4) is 16.9 Å². The molecule has 18 heavy (non-hydrogen) atoms. The minimum atomic E-state index is -0.431. The molecule has 0 aliphatic rings. The van der Waals surface area contributed by atoms with E-state index in [2.05, 4.69) is 9.97 Å². The molecule has 0 unspecified atom stereocenters. The van der Waals surface area contributed by atoms with Crippen LogP contribution in [0.1, 0.15) is 11.3 Å². The Morgan fingerprint density at radius 3 is 2.61 bits per heavy atom. The van der Waals surface area contributed by atoms with Gasteiger partial charge in [0, 0.05) is 11.3 Å². The van der Waals surface area contributed by atoms with Gasteiger partial charge in [0.1, 0.15) is 11.6 Å². The zero-order chi connectivity index (χ0) is 13.3. The minimum Gasteiger partial charge on any atom is -0.496 e. The highest BCUT2D eigenvalue weighted by Gasteiger charge is 2.10. The summed E-state index contributed by atoms with van der Waals surface area (Å²) in [5.74, 6) is 1.05. The third kappa shape index (κ3) is 2.07. The van der Waals surface area contributed by atoms with E-state index in [-0.39, 0.29) is 5.82 Å². The number of hydrogen-bond donors (Lipinski definition) is 2. The Bertz CT molecular complexity index is 621. The van der Waals surface area contributed by atoms with Crippen LogP contribution in [0.2, 0.25) is 0 Å². The number of hydrogen-bond acceptors (Lipinski definition) is 4. The third-order valence-corrected chi connectivity index (χ3v) is 2.83. The fourth-order valence-corrected chi connectivity index (χ4v) is 2.01. The maximum absolute atomic E-state index is 11.2. The van der Waals surface area contributed by atoms with Gasteiger partial charge in [0.25, 0.3) is 0 Å². The molecule has 0 atom stereocenters. The summed E-state index contributed by atoms with van der Waals surface area (Å²) in [5, 5.41) is 0. The van der Waals surface area contributed by atoms with Crippen molar-refractivity contribution in [3.63, 3.8) is 0 Å². The van der Waals surface area contributed by atoms with Crippen molar-refractivity contribution in [2.45, 2.75) is 13.8 Å². The molecule has 0 bridgehead atoms. The monoisotopic (exact) mass is 245 g/mol. The molecule has 0 radical (unpaired) electrons. The normalized spacial score (nSPS) is 10.4. The lowest BCUT2D eigenvalue weighted by atomic mass is 10.0. The van der Waals surface area contributed by atoms with Crippen molar-refractivity contribution in [3.05, 3.63) is 39.9 Å². The second kappa shape index (κ2) is 4.52. The average Bonchev–Trinajstić information content (AvgIpc) is 2.27. The number of nitrogens with two attached hydrogens (primary N) is 1. The van der Waals surface area contributed by atoms with Gasteiger partial charge in [0.2, 0.25) is 0 Å². The maximum atomic E-state index is 11.2. The molecule has 5 heteroatoms. The number of nitrogens with one attached hydrogen (secondary N) is 1. The Hall–Kier alpha value is -2.30. The van der Waals surface area contributed by atoms with Crippen LogP contribution in [0.4, 0.5) is 5.82 Å². The van der Waals surface area contributed by atoms with E-state index < -0.39 is 5.69 Å². The fourth-order valence-electron chi connectivity index (χ4n) is 2.01. The number of rotatable bonds is 2. The van der Waals surface area contributed by atoms with Crippen molar-refractivity contribution in [2.75, 3.05) is 12.8 Å². The highest BCUT2D eigenvalue weighted by atomic mass is 16.5. The second-order valence-electron chi connectivity index (χ2n) is 4.11. The fraction of sp³-hybridized carbons (Fsp3) is 0.231. The standard InChI is InChI=1S/C13H15N3O2/c1-7-6-9(4-5-10(7)18-3)11-8(2)15-13(17)16-12(11)14/h4-6H,1-3H3,(H3,14,15,16,17). The summed E-state index contributed by atoms with van der Waals surface area (Å²) in [5.41, 5.74) is 8.75. The number of H-pyrrole nitrogens is 1. The van der Waals surface area contributed by atoms with E-state index in [9.17, 15) is 4.79 Å². The molecule has 1 heterocycles. The van der Waals surface area contributed by atoms with Gasteiger partial charge in [-0.1, -0.05) is 6.07 Å². The molecule has 3 N–H and O–H groups in total. The lowest BCUT2D eigenvalue weighted by molar-refractivity contribution is 0.412. The van der Waals surface area contributed by atoms with Crippen LogP contribution in [0.3, 0.4) is 0 Å². The highest BCUT2D eigenvalue weighted by Crippen LogP contribution is 2.29. The molecular formula is C13H15N3O2. The Kier molecular flexibility index (Phi) is 3.06. The summed E-state index contributed by atoms with van der Waals surface area (Å²) in [4.78, 5) is 17.6. The maximum Gasteiger partial charge on any atom is 0.347 e. The molecule has 0 fully saturated rings. The van der Waals surface area contributed by atoms with E-state index in [1.54, 1.807) is 14.0 Å². The first-order valence-corrected chi connectivity index (χ1v) is 5.54. The van der Waals surface area contributed by atoms with Gasteiger partial charge in [-0.2, -0.15) is 4.98 Å². The molecular weight excluding hydrogens is 230 g/mol. The van der Waals surface area contributed by atoms with Gasteiger partial charge in [-0.3, -0.25) is 0 Å². The molecule has 2 rings (SSSR count). The van der Waals surface area contributed by atoms with Gasteiger partial charge in [0.15, 0.2) is 0 Å². The van der Waals surface area contributed by atoms with Crippen LogP contribution in [0.15, 0.2) is 23.0 Å². The number of aryl methyl sites for hydroxylation is 2. The second-order valence-corrected chi connectivity index (χ2v) is 4.11. The van der Waals surface area contributed by atoms with Crippen LogP contribution in [0.5, 0.6) is 5.75 Å². The smallest absolute Gasteiger partial charge is 0.347 e. The molecule has 0 saturated heterocycles. The molecule has 0 amide bonds. The van der Waals surface area contributed by atoms with Gasteiger partial charge in [-0.25, -0.2) is 4.79 Å². The van der Waals surface area contributed by atoms with Crippen molar-refractivity contribution in [2.24, 2.45) is 0 Å². The number of nitrogen functional groups attached to an aromatic ring is 1. The quantitative estimate of drug-likeness (QED) is 0.842. The van der Waals surface area contributed by atoms with E-state index in [0.29, 0.717) is 5.69 Å². The van der Waals surface area contributed by atoms with Gasteiger partial charge in [-0.05, 0) is 37.1 Å². The summed E-state index contributed by atoms with van der Waals surface area (Å²) in [6.45, 7) is 3.75.